The fourth-order valence-corrected chi connectivity index (χ4v) is 3.91. The molecule has 2 rings (SSSR count). The van der Waals surface area contributed by atoms with E-state index < -0.39 is 12.0 Å². The van der Waals surface area contributed by atoms with Gasteiger partial charge in [-0.05, 0) is 32.9 Å². The molecule has 2 aliphatic rings. The summed E-state index contributed by atoms with van der Waals surface area (Å²) in [5, 5.41) is 12.1. The molecule has 6 nitrogen and oxygen atoms in total. The van der Waals surface area contributed by atoms with Crippen LogP contribution in [0.3, 0.4) is 0 Å². The van der Waals surface area contributed by atoms with E-state index in [1.54, 1.807) is 11.8 Å². The lowest BCUT2D eigenvalue weighted by molar-refractivity contribution is -0.141. The highest BCUT2D eigenvalue weighted by Crippen LogP contribution is 2.17. The van der Waals surface area contributed by atoms with Crippen LogP contribution in [0.25, 0.3) is 0 Å². The predicted octanol–water partition coefficient (Wildman–Crippen LogP) is 1.07. The number of likely N-dealkylation sites (tertiary alicyclic amines) is 1. The number of amides is 2. The maximum Gasteiger partial charge on any atom is 0.327 e. The number of carboxylic acids is 1. The number of nitrogens with zero attached hydrogens (tertiary/aromatic N) is 2. The third-order valence-electron chi connectivity index (χ3n) is 4.24. The molecular weight excluding hydrogens is 290 g/mol. The van der Waals surface area contributed by atoms with E-state index in [1.807, 2.05) is 0 Å². The minimum Gasteiger partial charge on any atom is -0.480 e. The first-order valence-corrected chi connectivity index (χ1v) is 8.84. The molecule has 0 spiro atoms. The normalized spacial score (nSPS) is 25.4. The van der Waals surface area contributed by atoms with Gasteiger partial charge in [0, 0.05) is 30.6 Å². The Hall–Kier alpha value is -0.950. The topological polar surface area (TPSA) is 72.9 Å². The van der Waals surface area contributed by atoms with Gasteiger partial charge in [0.25, 0.3) is 0 Å². The molecule has 2 heterocycles. The quantitative estimate of drug-likeness (QED) is 0.812. The molecule has 120 valence electrons. The van der Waals surface area contributed by atoms with E-state index in [1.165, 1.54) is 24.2 Å². The Morgan fingerprint density at radius 3 is 2.67 bits per heavy atom. The number of nitrogens with one attached hydrogen (secondary N) is 1. The predicted molar refractivity (Wildman–Crippen MR) is 83.7 cm³/mol. The first-order valence-electron chi connectivity index (χ1n) is 7.68. The molecule has 0 aromatic heterocycles. The Balaban J connectivity index is 1.81. The van der Waals surface area contributed by atoms with Crippen LogP contribution in [0.15, 0.2) is 0 Å². The number of hydrogen-bond donors (Lipinski definition) is 2. The van der Waals surface area contributed by atoms with Crippen LogP contribution in [0.2, 0.25) is 0 Å². The van der Waals surface area contributed by atoms with Gasteiger partial charge < -0.3 is 15.3 Å². The van der Waals surface area contributed by atoms with Crippen molar-refractivity contribution in [2.75, 3.05) is 37.7 Å². The van der Waals surface area contributed by atoms with Crippen LogP contribution in [-0.4, -0.2) is 76.7 Å². The monoisotopic (exact) mass is 315 g/mol. The number of carbonyl (C=O) groups excluding carboxylic acids is 1. The average molecular weight is 315 g/mol. The van der Waals surface area contributed by atoms with E-state index >= 15 is 0 Å². The molecule has 21 heavy (non-hydrogen) atoms. The molecule has 2 fully saturated rings. The summed E-state index contributed by atoms with van der Waals surface area (Å²) < 4.78 is 0. The number of urea groups is 1. The fourth-order valence-electron chi connectivity index (χ4n) is 2.88. The zero-order valence-electron chi connectivity index (χ0n) is 12.6. The molecular formula is C14H25N3O3S. The lowest BCUT2D eigenvalue weighted by Gasteiger charge is -2.35. The van der Waals surface area contributed by atoms with Gasteiger partial charge in [-0.25, -0.2) is 9.59 Å². The lowest BCUT2D eigenvalue weighted by atomic mass is 10.1. The van der Waals surface area contributed by atoms with Crippen LogP contribution < -0.4 is 5.32 Å². The van der Waals surface area contributed by atoms with Crippen molar-refractivity contribution in [1.82, 2.24) is 15.1 Å². The molecule has 2 N–H and O–H groups in total. The Kier molecular flexibility index (Phi) is 6.17. The van der Waals surface area contributed by atoms with Crippen molar-refractivity contribution in [3.63, 3.8) is 0 Å². The molecule has 2 amide bonds. The van der Waals surface area contributed by atoms with Gasteiger partial charge in [0.05, 0.1) is 0 Å². The second kappa shape index (κ2) is 7.89. The number of piperidine rings is 1. The van der Waals surface area contributed by atoms with Crippen molar-refractivity contribution < 1.29 is 14.7 Å². The minimum atomic E-state index is -0.915. The van der Waals surface area contributed by atoms with Crippen LogP contribution in [-0.2, 0) is 4.79 Å². The molecule has 0 aromatic rings. The van der Waals surface area contributed by atoms with E-state index in [4.69, 9.17) is 0 Å². The molecule has 0 aromatic carbocycles. The number of carbonyl (C=O) groups is 2. The highest BCUT2D eigenvalue weighted by atomic mass is 32.2. The summed E-state index contributed by atoms with van der Waals surface area (Å²) in [6, 6.07) is -0.641. The number of carboxylic acid groups (broad SMARTS) is 1. The van der Waals surface area contributed by atoms with Gasteiger partial charge in [-0.15, -0.1) is 0 Å². The van der Waals surface area contributed by atoms with Crippen molar-refractivity contribution in [1.29, 1.82) is 0 Å². The van der Waals surface area contributed by atoms with Crippen LogP contribution in [0, 0.1) is 0 Å². The minimum absolute atomic E-state index is 0.244. The van der Waals surface area contributed by atoms with Gasteiger partial charge in [-0.1, -0.05) is 6.42 Å². The molecule has 2 saturated heterocycles. The number of aliphatic carboxylic acids is 1. The maximum atomic E-state index is 12.2. The Morgan fingerprint density at radius 1 is 1.29 bits per heavy atom. The van der Waals surface area contributed by atoms with Crippen LogP contribution in [0.5, 0.6) is 0 Å². The summed E-state index contributed by atoms with van der Waals surface area (Å²) in [5.74, 6) is 0.366. The molecule has 2 atom stereocenters. The van der Waals surface area contributed by atoms with Crippen molar-refractivity contribution in [2.45, 2.75) is 38.3 Å². The van der Waals surface area contributed by atoms with Crippen LogP contribution in [0.4, 0.5) is 4.79 Å². The summed E-state index contributed by atoms with van der Waals surface area (Å²) in [6.45, 7) is 5.39. The van der Waals surface area contributed by atoms with Crippen molar-refractivity contribution in [2.24, 2.45) is 0 Å². The molecule has 2 aliphatic heterocycles. The smallest absolute Gasteiger partial charge is 0.327 e. The highest BCUT2D eigenvalue weighted by Gasteiger charge is 2.32. The first kappa shape index (κ1) is 16.4. The van der Waals surface area contributed by atoms with Gasteiger partial charge >= 0.3 is 12.0 Å². The van der Waals surface area contributed by atoms with E-state index in [0.29, 0.717) is 24.9 Å². The Labute approximate surface area is 130 Å². The second-order valence-electron chi connectivity index (χ2n) is 5.75. The van der Waals surface area contributed by atoms with Gasteiger partial charge in [0.2, 0.25) is 0 Å². The molecule has 0 saturated carbocycles. The summed E-state index contributed by atoms with van der Waals surface area (Å²) in [7, 11) is 0. The van der Waals surface area contributed by atoms with E-state index in [9.17, 15) is 14.7 Å². The molecule has 2 unspecified atom stereocenters. The van der Waals surface area contributed by atoms with Gasteiger partial charge in [0.15, 0.2) is 0 Å². The number of hydrogen-bond acceptors (Lipinski definition) is 4. The fraction of sp³-hybridized carbons (Fsp3) is 0.857. The number of thioether (sulfide) groups is 1. The van der Waals surface area contributed by atoms with Gasteiger partial charge in [-0.2, -0.15) is 11.8 Å². The first-order chi connectivity index (χ1) is 10.1. The standard InChI is InChI=1S/C14H25N3O3S/c1-11(16-5-3-2-4-6-16)9-15-14(20)17-7-8-21-10-12(17)13(18)19/h11-12H,2-10H2,1H3,(H,15,20)(H,18,19). The third kappa shape index (κ3) is 4.51. The van der Waals surface area contributed by atoms with Gasteiger partial charge in [0.1, 0.15) is 6.04 Å². The van der Waals surface area contributed by atoms with Crippen LogP contribution in [0.1, 0.15) is 26.2 Å². The summed E-state index contributed by atoms with van der Waals surface area (Å²) in [6.07, 6.45) is 3.74. The maximum absolute atomic E-state index is 12.2. The van der Waals surface area contributed by atoms with Gasteiger partial charge in [-0.3, -0.25) is 4.90 Å². The van der Waals surface area contributed by atoms with Crippen LogP contribution >= 0.6 is 11.8 Å². The summed E-state index contributed by atoms with van der Waals surface area (Å²) in [5.41, 5.74) is 0. The number of rotatable bonds is 4. The van der Waals surface area contributed by atoms with Crippen molar-refractivity contribution in [3.05, 3.63) is 0 Å². The third-order valence-corrected chi connectivity index (χ3v) is 5.26. The average Bonchev–Trinajstić information content (AvgIpc) is 2.53. The summed E-state index contributed by atoms with van der Waals surface area (Å²) >= 11 is 1.59. The Morgan fingerprint density at radius 2 is 2.00 bits per heavy atom. The van der Waals surface area contributed by atoms with Crippen molar-refractivity contribution >= 4 is 23.8 Å². The largest absolute Gasteiger partial charge is 0.480 e. The molecule has 0 aliphatic carbocycles. The molecule has 0 bridgehead atoms. The SMILES string of the molecule is CC(CNC(=O)N1CCSCC1C(=O)O)N1CCCCC1. The lowest BCUT2D eigenvalue weighted by Crippen LogP contribution is -2.55. The van der Waals surface area contributed by atoms with E-state index in [2.05, 4.69) is 17.1 Å². The van der Waals surface area contributed by atoms with E-state index in [-0.39, 0.29) is 6.03 Å². The zero-order valence-corrected chi connectivity index (χ0v) is 13.4. The Bertz CT molecular complexity index is 374. The van der Waals surface area contributed by atoms with Crippen molar-refractivity contribution in [3.8, 4) is 0 Å². The summed E-state index contributed by atoms with van der Waals surface area (Å²) in [4.78, 5) is 27.3. The molecule has 0 radical (unpaired) electrons. The highest BCUT2D eigenvalue weighted by molar-refractivity contribution is 7.99. The second-order valence-corrected chi connectivity index (χ2v) is 6.90. The zero-order chi connectivity index (χ0) is 15.2. The molecule has 7 heteroatoms. The van der Waals surface area contributed by atoms with E-state index in [0.717, 1.165) is 18.8 Å².